The number of rotatable bonds is 5. The molecule has 0 N–H and O–H groups in total. The highest BCUT2D eigenvalue weighted by Crippen LogP contribution is 2.35. The van der Waals surface area contributed by atoms with Crippen LogP contribution in [0.15, 0.2) is 60.7 Å². The molecule has 0 bridgehead atoms. The Morgan fingerprint density at radius 3 is 2.15 bits per heavy atom. The first-order valence-electron chi connectivity index (χ1n) is 9.97. The number of hydrogen-bond donors (Lipinski definition) is 0. The third-order valence-corrected chi connectivity index (χ3v) is 5.80. The molecule has 2 amide bonds. The monoisotopic (exact) mass is 481 g/mol. The number of aryl methyl sites for hydroxylation is 1. The van der Waals surface area contributed by atoms with Gasteiger partial charge in [0.25, 0.3) is 11.8 Å². The number of nitrogens with zero attached hydrogens (tertiary/aromatic N) is 1. The molecule has 3 aromatic carbocycles. The van der Waals surface area contributed by atoms with Crippen molar-refractivity contribution >= 4 is 52.5 Å². The average Bonchev–Trinajstić information content (AvgIpc) is 3.03. The second kappa shape index (κ2) is 8.81. The molecule has 0 aliphatic carbocycles. The lowest BCUT2D eigenvalue weighted by Gasteiger charge is -2.15. The molecule has 3 aromatic rings. The molecule has 0 radical (unpaired) electrons. The summed E-state index contributed by atoms with van der Waals surface area (Å²) in [6.07, 6.45) is -1.03. The predicted octanol–water partition coefficient (Wildman–Crippen LogP) is 5.53. The second-order valence-electron chi connectivity index (χ2n) is 7.58. The van der Waals surface area contributed by atoms with Crippen molar-refractivity contribution in [3.05, 3.63) is 98.5 Å². The minimum Gasteiger partial charge on any atom is -0.451 e. The predicted molar refractivity (Wildman–Crippen MR) is 124 cm³/mol. The van der Waals surface area contributed by atoms with E-state index in [0.29, 0.717) is 10.6 Å². The van der Waals surface area contributed by atoms with E-state index in [4.69, 9.17) is 27.9 Å². The fraction of sp³-hybridized carbons (Fsp3) is 0.120. The Morgan fingerprint density at radius 2 is 1.48 bits per heavy atom. The molecule has 0 aromatic heterocycles. The zero-order valence-electron chi connectivity index (χ0n) is 17.6. The van der Waals surface area contributed by atoms with Gasteiger partial charge in [-0.2, -0.15) is 0 Å². The van der Waals surface area contributed by atoms with Crippen molar-refractivity contribution in [2.24, 2.45) is 0 Å². The smallest absolute Gasteiger partial charge is 0.338 e. The average molecular weight is 482 g/mol. The van der Waals surface area contributed by atoms with Crippen molar-refractivity contribution in [2.45, 2.75) is 20.0 Å². The summed E-state index contributed by atoms with van der Waals surface area (Å²) in [4.78, 5) is 51.9. The van der Waals surface area contributed by atoms with Gasteiger partial charge in [-0.15, -0.1) is 0 Å². The summed E-state index contributed by atoms with van der Waals surface area (Å²) in [5.74, 6) is -2.33. The molecule has 0 saturated carbocycles. The fourth-order valence-corrected chi connectivity index (χ4v) is 3.98. The molecule has 8 heteroatoms. The van der Waals surface area contributed by atoms with Crippen molar-refractivity contribution in [3.63, 3.8) is 0 Å². The largest absolute Gasteiger partial charge is 0.451 e. The van der Waals surface area contributed by atoms with Crippen LogP contribution in [0.2, 0.25) is 10.0 Å². The van der Waals surface area contributed by atoms with Crippen LogP contribution >= 0.6 is 23.2 Å². The van der Waals surface area contributed by atoms with Crippen LogP contribution in [-0.4, -0.2) is 29.7 Å². The van der Waals surface area contributed by atoms with E-state index in [-0.39, 0.29) is 33.2 Å². The molecule has 1 heterocycles. The maximum absolute atomic E-state index is 13.0. The number of carbonyl (C=O) groups is 4. The number of esters is 1. The number of amides is 2. The molecular formula is C25H17Cl2NO5. The van der Waals surface area contributed by atoms with Gasteiger partial charge in [0.15, 0.2) is 6.10 Å². The molecule has 1 aliphatic rings. The maximum Gasteiger partial charge on any atom is 0.338 e. The molecule has 0 fully saturated rings. The Morgan fingerprint density at radius 1 is 0.848 bits per heavy atom. The lowest BCUT2D eigenvalue weighted by molar-refractivity contribution is 0.0318. The summed E-state index contributed by atoms with van der Waals surface area (Å²) >= 11 is 12.1. The number of ether oxygens (including phenoxy) is 1. The van der Waals surface area contributed by atoms with Gasteiger partial charge in [0.05, 0.1) is 27.4 Å². The number of halogens is 2. The third kappa shape index (κ3) is 4.27. The maximum atomic E-state index is 13.0. The number of benzene rings is 3. The van der Waals surface area contributed by atoms with Crippen molar-refractivity contribution in [2.75, 3.05) is 4.90 Å². The van der Waals surface area contributed by atoms with Gasteiger partial charge >= 0.3 is 5.97 Å². The Hall–Kier alpha value is -3.48. The van der Waals surface area contributed by atoms with Crippen LogP contribution in [0.4, 0.5) is 5.69 Å². The molecule has 4 rings (SSSR count). The number of anilines is 1. The van der Waals surface area contributed by atoms with Gasteiger partial charge in [0.2, 0.25) is 5.78 Å². The van der Waals surface area contributed by atoms with E-state index in [0.717, 1.165) is 10.5 Å². The summed E-state index contributed by atoms with van der Waals surface area (Å²) in [5.41, 5.74) is 1.83. The first-order valence-corrected chi connectivity index (χ1v) is 10.7. The van der Waals surface area contributed by atoms with Crippen molar-refractivity contribution in [1.82, 2.24) is 0 Å². The summed E-state index contributed by atoms with van der Waals surface area (Å²) in [6.45, 7) is 3.38. The minimum absolute atomic E-state index is 0.0398. The highest BCUT2D eigenvalue weighted by molar-refractivity contribution is 6.41. The number of hydrogen-bond acceptors (Lipinski definition) is 5. The van der Waals surface area contributed by atoms with Crippen LogP contribution in [0.25, 0.3) is 0 Å². The van der Waals surface area contributed by atoms with E-state index in [2.05, 4.69) is 0 Å². The topological polar surface area (TPSA) is 80.8 Å². The first-order chi connectivity index (χ1) is 15.7. The Labute approximate surface area is 199 Å². The molecule has 6 nitrogen and oxygen atoms in total. The molecular weight excluding hydrogens is 465 g/mol. The fourth-order valence-electron chi connectivity index (χ4n) is 3.48. The molecule has 1 atom stereocenters. The van der Waals surface area contributed by atoms with Gasteiger partial charge in [-0.25, -0.2) is 9.69 Å². The van der Waals surface area contributed by atoms with Crippen molar-refractivity contribution < 1.29 is 23.9 Å². The zero-order chi connectivity index (χ0) is 23.9. The van der Waals surface area contributed by atoms with Gasteiger partial charge < -0.3 is 4.74 Å². The van der Waals surface area contributed by atoms with E-state index >= 15 is 0 Å². The van der Waals surface area contributed by atoms with Gasteiger partial charge in [-0.3, -0.25) is 14.4 Å². The van der Waals surface area contributed by atoms with Crippen LogP contribution < -0.4 is 4.90 Å². The quantitative estimate of drug-likeness (QED) is 0.271. The van der Waals surface area contributed by atoms with Crippen molar-refractivity contribution in [1.29, 1.82) is 0 Å². The Bertz CT molecular complexity index is 1320. The van der Waals surface area contributed by atoms with Gasteiger partial charge in [-0.1, -0.05) is 53.0 Å². The second-order valence-corrected chi connectivity index (χ2v) is 8.42. The normalized spacial score (nSPS) is 13.6. The van der Waals surface area contributed by atoms with Crippen LogP contribution in [0.3, 0.4) is 0 Å². The summed E-state index contributed by atoms with van der Waals surface area (Å²) in [6, 6.07) is 15.4. The molecule has 166 valence electrons. The zero-order valence-corrected chi connectivity index (χ0v) is 19.1. The van der Waals surface area contributed by atoms with E-state index in [1.807, 2.05) is 6.92 Å². The van der Waals surface area contributed by atoms with Crippen LogP contribution in [0.1, 0.15) is 53.9 Å². The van der Waals surface area contributed by atoms with Gasteiger partial charge in [0.1, 0.15) is 0 Å². The standard InChI is InChI=1S/C25H17Cl2NO5/c1-13-3-5-15(6-4-13)22(29)14(2)33-25(32)16-7-9-18-19(11-16)24(31)28(23(18)30)21-10-8-17(26)12-20(21)27/h3-12,14H,1-2H3. The first kappa shape index (κ1) is 22.7. The van der Waals surface area contributed by atoms with Gasteiger partial charge in [-0.05, 0) is 50.2 Å². The Kier molecular flexibility index (Phi) is 6.06. The SMILES string of the molecule is Cc1ccc(C(=O)C(C)OC(=O)c2ccc3c(c2)C(=O)N(c2ccc(Cl)cc2Cl)C3=O)cc1. The van der Waals surface area contributed by atoms with Crippen molar-refractivity contribution in [3.8, 4) is 0 Å². The Balaban J connectivity index is 1.55. The molecule has 0 spiro atoms. The van der Waals surface area contributed by atoms with Crippen LogP contribution in [0, 0.1) is 6.92 Å². The van der Waals surface area contributed by atoms with E-state index in [1.165, 1.54) is 43.3 Å². The summed E-state index contributed by atoms with van der Waals surface area (Å²) < 4.78 is 5.31. The number of ketones is 1. The third-order valence-electron chi connectivity index (χ3n) is 5.26. The summed E-state index contributed by atoms with van der Waals surface area (Å²) in [5, 5.41) is 0.500. The van der Waals surface area contributed by atoms with Crippen LogP contribution in [-0.2, 0) is 4.74 Å². The molecule has 0 saturated heterocycles. The summed E-state index contributed by atoms with van der Waals surface area (Å²) in [7, 11) is 0. The number of Topliss-reactive ketones (excluding diaryl/α,β-unsaturated/α-hetero) is 1. The molecule has 1 unspecified atom stereocenters. The lowest BCUT2D eigenvalue weighted by Crippen LogP contribution is -2.29. The molecule has 1 aliphatic heterocycles. The van der Waals surface area contributed by atoms with E-state index in [9.17, 15) is 19.2 Å². The number of fused-ring (bicyclic) bond motifs is 1. The number of carbonyl (C=O) groups excluding carboxylic acids is 4. The minimum atomic E-state index is -1.03. The molecule has 33 heavy (non-hydrogen) atoms. The number of imide groups is 1. The highest BCUT2D eigenvalue weighted by Gasteiger charge is 2.38. The van der Waals surface area contributed by atoms with Crippen LogP contribution in [0.5, 0.6) is 0 Å². The van der Waals surface area contributed by atoms with Gasteiger partial charge in [0, 0.05) is 10.6 Å². The van der Waals surface area contributed by atoms with E-state index < -0.39 is 23.9 Å². The highest BCUT2D eigenvalue weighted by atomic mass is 35.5. The lowest BCUT2D eigenvalue weighted by atomic mass is 10.0. The van der Waals surface area contributed by atoms with E-state index in [1.54, 1.807) is 24.3 Å².